The van der Waals surface area contributed by atoms with E-state index in [1.54, 1.807) is 12.1 Å². The lowest BCUT2D eigenvalue weighted by atomic mass is 10.3. The summed E-state index contributed by atoms with van der Waals surface area (Å²) >= 11 is 5.86. The summed E-state index contributed by atoms with van der Waals surface area (Å²) in [4.78, 5) is 25.8. The average Bonchev–Trinajstić information content (AvgIpc) is 3.50. The Morgan fingerprint density at radius 1 is 1.12 bits per heavy atom. The molecule has 2 aromatic rings. The molecule has 2 heterocycles. The number of nitrogens with one attached hydrogen (secondary N) is 1. The van der Waals surface area contributed by atoms with Gasteiger partial charge in [0.2, 0.25) is 5.91 Å². The van der Waals surface area contributed by atoms with E-state index in [4.69, 9.17) is 16.6 Å². The zero-order valence-electron chi connectivity index (χ0n) is 14.6. The highest BCUT2D eigenvalue weighted by molar-refractivity contribution is 6.30. The molecule has 0 atom stereocenters. The van der Waals surface area contributed by atoms with Crippen molar-refractivity contribution in [3.63, 3.8) is 0 Å². The Kier molecular flexibility index (Phi) is 5.04. The maximum absolute atomic E-state index is 12.2. The minimum absolute atomic E-state index is 0.00108. The first-order valence-electron chi connectivity index (χ1n) is 9.03. The van der Waals surface area contributed by atoms with Gasteiger partial charge in [-0.15, -0.1) is 0 Å². The third-order valence-corrected chi connectivity index (χ3v) is 5.05. The summed E-state index contributed by atoms with van der Waals surface area (Å²) in [5.74, 6) is 2.55. The van der Waals surface area contributed by atoms with Gasteiger partial charge in [-0.25, -0.2) is 9.97 Å². The Morgan fingerprint density at radius 3 is 2.54 bits per heavy atom. The second kappa shape index (κ2) is 7.60. The molecule has 0 unspecified atom stereocenters. The summed E-state index contributed by atoms with van der Waals surface area (Å²) in [5.41, 5.74) is 0.770. The molecule has 6 nitrogen and oxygen atoms in total. The summed E-state index contributed by atoms with van der Waals surface area (Å²) in [7, 11) is 0. The van der Waals surface area contributed by atoms with Gasteiger partial charge in [0.1, 0.15) is 11.6 Å². The van der Waals surface area contributed by atoms with Crippen LogP contribution >= 0.6 is 11.6 Å². The molecule has 7 heteroatoms. The highest BCUT2D eigenvalue weighted by Crippen LogP contribution is 2.38. The van der Waals surface area contributed by atoms with E-state index in [-0.39, 0.29) is 5.91 Å². The van der Waals surface area contributed by atoms with E-state index >= 15 is 0 Å². The van der Waals surface area contributed by atoms with Crippen LogP contribution in [0.2, 0.25) is 5.02 Å². The van der Waals surface area contributed by atoms with E-state index in [2.05, 4.69) is 20.1 Å². The van der Waals surface area contributed by atoms with Crippen LogP contribution in [0.15, 0.2) is 36.5 Å². The molecule has 0 bridgehead atoms. The third-order valence-electron chi connectivity index (χ3n) is 4.79. The number of carbonyl (C=O) groups is 1. The number of aromatic nitrogens is 2. The van der Waals surface area contributed by atoms with Crippen molar-refractivity contribution in [3.8, 4) is 0 Å². The molecule has 0 spiro atoms. The Morgan fingerprint density at radius 2 is 1.85 bits per heavy atom. The lowest BCUT2D eigenvalue weighted by Gasteiger charge is -2.35. The molecule has 2 fully saturated rings. The van der Waals surface area contributed by atoms with Crippen LogP contribution in [-0.4, -0.2) is 53.5 Å². The largest absolute Gasteiger partial charge is 0.354 e. The van der Waals surface area contributed by atoms with Crippen LogP contribution in [0.5, 0.6) is 0 Å². The maximum atomic E-state index is 12.2. The van der Waals surface area contributed by atoms with Crippen molar-refractivity contribution in [2.75, 3.05) is 42.9 Å². The van der Waals surface area contributed by atoms with Gasteiger partial charge >= 0.3 is 0 Å². The van der Waals surface area contributed by atoms with Crippen LogP contribution in [0.25, 0.3) is 0 Å². The maximum Gasteiger partial charge on any atom is 0.238 e. The van der Waals surface area contributed by atoms with Crippen molar-refractivity contribution in [2.45, 2.75) is 18.8 Å². The fraction of sp³-hybridized carbons (Fsp3) is 0.421. The van der Waals surface area contributed by atoms with Crippen molar-refractivity contribution in [1.82, 2.24) is 14.9 Å². The highest BCUT2D eigenvalue weighted by atomic mass is 35.5. The molecular weight excluding hydrogens is 350 g/mol. The van der Waals surface area contributed by atoms with Gasteiger partial charge in [0.15, 0.2) is 0 Å². The first kappa shape index (κ1) is 17.2. The summed E-state index contributed by atoms with van der Waals surface area (Å²) < 4.78 is 0. The Hall–Kier alpha value is -2.18. The molecule has 1 aromatic heterocycles. The van der Waals surface area contributed by atoms with E-state index in [0.29, 0.717) is 17.5 Å². The van der Waals surface area contributed by atoms with Gasteiger partial charge in [-0.05, 0) is 43.2 Å². The van der Waals surface area contributed by atoms with Crippen molar-refractivity contribution in [2.24, 2.45) is 0 Å². The molecule has 1 aromatic carbocycles. The molecule has 136 valence electrons. The predicted octanol–water partition coefficient (Wildman–Crippen LogP) is 2.77. The monoisotopic (exact) mass is 371 g/mol. The highest BCUT2D eigenvalue weighted by Gasteiger charge is 2.27. The summed E-state index contributed by atoms with van der Waals surface area (Å²) in [6, 6.07) is 9.14. The standard InChI is InChI=1S/C19H22ClN5O/c20-15-3-5-16(6-4-15)22-18(26)13-24-9-11-25(12-10-24)17-7-8-21-19(23-17)14-1-2-14/h3-8,14H,1-2,9-13H2,(H,22,26). The second-order valence-corrected chi connectivity index (χ2v) is 7.30. The summed E-state index contributed by atoms with van der Waals surface area (Å²) in [5, 5.41) is 3.57. The lowest BCUT2D eigenvalue weighted by Crippen LogP contribution is -2.49. The SMILES string of the molecule is O=C(CN1CCN(c2ccnc(C3CC3)n2)CC1)Nc1ccc(Cl)cc1. The number of nitrogens with zero attached hydrogens (tertiary/aromatic N) is 4. The molecule has 0 radical (unpaired) electrons. The normalized spacial score (nSPS) is 18.0. The number of carbonyl (C=O) groups excluding carboxylic acids is 1. The van der Waals surface area contributed by atoms with E-state index in [0.717, 1.165) is 43.5 Å². The molecule has 4 rings (SSSR count). The predicted molar refractivity (Wildman–Crippen MR) is 103 cm³/mol. The number of amides is 1. The number of hydrogen-bond acceptors (Lipinski definition) is 5. The van der Waals surface area contributed by atoms with Crippen LogP contribution in [0.1, 0.15) is 24.6 Å². The minimum Gasteiger partial charge on any atom is -0.354 e. The number of hydrogen-bond donors (Lipinski definition) is 1. The molecule has 1 aliphatic heterocycles. The second-order valence-electron chi connectivity index (χ2n) is 6.87. The molecule has 1 N–H and O–H groups in total. The van der Waals surface area contributed by atoms with Gasteiger partial charge in [-0.2, -0.15) is 0 Å². The van der Waals surface area contributed by atoms with Crippen molar-refractivity contribution in [1.29, 1.82) is 0 Å². The molecule has 1 saturated carbocycles. The van der Waals surface area contributed by atoms with Gasteiger partial charge < -0.3 is 10.2 Å². The van der Waals surface area contributed by atoms with Crippen molar-refractivity contribution < 1.29 is 4.79 Å². The molecule has 1 amide bonds. The Bertz CT molecular complexity index is 770. The zero-order chi connectivity index (χ0) is 17.9. The van der Waals surface area contributed by atoms with Crippen LogP contribution in [0.3, 0.4) is 0 Å². The molecule has 2 aliphatic rings. The number of benzene rings is 1. The van der Waals surface area contributed by atoms with E-state index < -0.39 is 0 Å². The first-order chi connectivity index (χ1) is 12.7. The van der Waals surface area contributed by atoms with Crippen LogP contribution in [-0.2, 0) is 4.79 Å². The molecule has 1 saturated heterocycles. The van der Waals surface area contributed by atoms with Crippen molar-refractivity contribution >= 4 is 29.0 Å². The van der Waals surface area contributed by atoms with Crippen LogP contribution in [0.4, 0.5) is 11.5 Å². The quantitative estimate of drug-likeness (QED) is 0.875. The van der Waals surface area contributed by atoms with Gasteiger partial charge in [0.05, 0.1) is 6.54 Å². The number of halogens is 1. The summed E-state index contributed by atoms with van der Waals surface area (Å²) in [6.07, 6.45) is 4.28. The van der Waals surface area contributed by atoms with Crippen molar-refractivity contribution in [3.05, 3.63) is 47.4 Å². The lowest BCUT2D eigenvalue weighted by molar-refractivity contribution is -0.117. The van der Waals surface area contributed by atoms with Gasteiger partial charge in [-0.3, -0.25) is 9.69 Å². The summed E-state index contributed by atoms with van der Waals surface area (Å²) in [6.45, 7) is 3.83. The van der Waals surface area contributed by atoms with Crippen LogP contribution in [0, 0.1) is 0 Å². The third kappa shape index (κ3) is 4.31. The topological polar surface area (TPSA) is 61.4 Å². The number of anilines is 2. The van der Waals surface area contributed by atoms with Gasteiger partial charge in [0.25, 0.3) is 0 Å². The fourth-order valence-corrected chi connectivity index (χ4v) is 3.28. The van der Waals surface area contributed by atoms with Gasteiger partial charge in [0, 0.05) is 49.0 Å². The number of piperazine rings is 1. The zero-order valence-corrected chi connectivity index (χ0v) is 15.3. The molecule has 26 heavy (non-hydrogen) atoms. The van der Waals surface area contributed by atoms with E-state index in [9.17, 15) is 4.79 Å². The van der Waals surface area contributed by atoms with E-state index in [1.807, 2.05) is 24.4 Å². The average molecular weight is 372 g/mol. The first-order valence-corrected chi connectivity index (χ1v) is 9.41. The van der Waals surface area contributed by atoms with Gasteiger partial charge in [-0.1, -0.05) is 11.6 Å². The minimum atomic E-state index is -0.00108. The Balaban J connectivity index is 1.27. The smallest absolute Gasteiger partial charge is 0.238 e. The Labute approximate surface area is 158 Å². The fourth-order valence-electron chi connectivity index (χ4n) is 3.15. The molecular formula is C19H22ClN5O. The van der Waals surface area contributed by atoms with Crippen LogP contribution < -0.4 is 10.2 Å². The molecule has 1 aliphatic carbocycles. The van der Waals surface area contributed by atoms with E-state index in [1.165, 1.54) is 12.8 Å². The number of rotatable bonds is 5.